The maximum Gasteiger partial charge on any atom is 0.270 e. The van der Waals surface area contributed by atoms with Gasteiger partial charge in [-0.25, -0.2) is 0 Å². The molecule has 0 fully saturated rings. The molecule has 0 aromatic carbocycles. The number of aliphatic hydroxyl groups is 1. The van der Waals surface area contributed by atoms with E-state index in [-0.39, 0.29) is 17.9 Å². The van der Waals surface area contributed by atoms with Crippen molar-refractivity contribution < 1.29 is 10.0 Å². The summed E-state index contributed by atoms with van der Waals surface area (Å²) in [7, 11) is 0. The number of nitro groups is 1. The highest BCUT2D eigenvalue weighted by Gasteiger charge is 2.13. The summed E-state index contributed by atoms with van der Waals surface area (Å²) in [5.74, 6) is 0. The molecule has 0 aromatic rings. The van der Waals surface area contributed by atoms with Gasteiger partial charge in [0.25, 0.3) is 5.70 Å². The van der Waals surface area contributed by atoms with Gasteiger partial charge in [-0.1, -0.05) is 18.7 Å². The molecule has 0 aromatic heterocycles. The topological polar surface area (TPSA) is 63.4 Å². The first-order valence-corrected chi connectivity index (χ1v) is 3.40. The molecule has 0 saturated carbocycles. The van der Waals surface area contributed by atoms with Gasteiger partial charge in [-0.05, 0) is 13.0 Å². The zero-order chi connectivity index (χ0) is 9.56. The number of aliphatic hydroxyl groups excluding tert-OH is 1. The van der Waals surface area contributed by atoms with E-state index < -0.39 is 4.92 Å². The van der Waals surface area contributed by atoms with Gasteiger partial charge in [-0.3, -0.25) is 10.1 Å². The van der Waals surface area contributed by atoms with Crippen molar-refractivity contribution in [3.05, 3.63) is 46.2 Å². The van der Waals surface area contributed by atoms with Gasteiger partial charge in [0.1, 0.15) is 0 Å². The fourth-order valence-electron chi connectivity index (χ4n) is 0.769. The summed E-state index contributed by atoms with van der Waals surface area (Å²) >= 11 is 0. The monoisotopic (exact) mass is 169 g/mol. The Balaban J connectivity index is 4.82. The second kappa shape index (κ2) is 5.26. The lowest BCUT2D eigenvalue weighted by Crippen LogP contribution is -2.04. The first-order chi connectivity index (χ1) is 5.67. The fourth-order valence-corrected chi connectivity index (χ4v) is 0.769. The van der Waals surface area contributed by atoms with Crippen molar-refractivity contribution in [2.24, 2.45) is 0 Å². The lowest BCUT2D eigenvalue weighted by molar-refractivity contribution is -0.421. The highest BCUT2D eigenvalue weighted by molar-refractivity contribution is 5.28. The molecule has 4 heteroatoms. The van der Waals surface area contributed by atoms with Crippen molar-refractivity contribution in [3.8, 4) is 0 Å². The first kappa shape index (κ1) is 10.6. The molecule has 1 N–H and O–H groups in total. The quantitative estimate of drug-likeness (QED) is 0.391. The van der Waals surface area contributed by atoms with Gasteiger partial charge in [0.15, 0.2) is 0 Å². The normalized spacial score (nSPS) is 12.8. The van der Waals surface area contributed by atoms with E-state index in [1.165, 1.54) is 18.2 Å². The molecule has 66 valence electrons. The van der Waals surface area contributed by atoms with E-state index >= 15 is 0 Å². The molecule has 0 aliphatic heterocycles. The molecule has 0 rings (SSSR count). The van der Waals surface area contributed by atoms with Crippen LogP contribution in [0.5, 0.6) is 0 Å². The summed E-state index contributed by atoms with van der Waals surface area (Å²) in [6, 6.07) is 0. The molecule has 0 aliphatic carbocycles. The molecule has 12 heavy (non-hydrogen) atoms. The van der Waals surface area contributed by atoms with Crippen LogP contribution >= 0.6 is 0 Å². The van der Waals surface area contributed by atoms with Crippen LogP contribution in [0.4, 0.5) is 0 Å². The van der Waals surface area contributed by atoms with E-state index in [4.69, 9.17) is 5.11 Å². The summed E-state index contributed by atoms with van der Waals surface area (Å²) in [5.41, 5.74) is 0.176. The summed E-state index contributed by atoms with van der Waals surface area (Å²) in [6.07, 6.45) is 4.15. The standard InChI is InChI=1S/C8H11NO3/c1-3-5-7(6-10)8(4-2)9(11)12/h3-5,10H,1,6H2,2H3/b7-5-,8-4+. The minimum Gasteiger partial charge on any atom is -0.391 e. The maximum atomic E-state index is 10.4. The largest absolute Gasteiger partial charge is 0.391 e. The zero-order valence-electron chi connectivity index (χ0n) is 6.86. The van der Waals surface area contributed by atoms with Crippen molar-refractivity contribution >= 4 is 0 Å². The van der Waals surface area contributed by atoms with E-state index in [1.807, 2.05) is 0 Å². The van der Waals surface area contributed by atoms with Gasteiger partial charge in [-0.2, -0.15) is 0 Å². The number of hydrogen-bond donors (Lipinski definition) is 1. The molecule has 0 unspecified atom stereocenters. The SMILES string of the molecule is C=C/C=C(CO)\C(=C/C)[N+](=O)[O-]. The smallest absolute Gasteiger partial charge is 0.270 e. The van der Waals surface area contributed by atoms with Crippen LogP contribution in [0, 0.1) is 10.1 Å². The molecule has 0 radical (unpaired) electrons. The Kier molecular flexibility index (Phi) is 4.64. The Bertz CT molecular complexity index is 241. The van der Waals surface area contributed by atoms with Gasteiger partial charge in [-0.15, -0.1) is 0 Å². The molecule has 0 amide bonds. The van der Waals surface area contributed by atoms with Crippen LogP contribution in [-0.4, -0.2) is 16.6 Å². The molecule has 4 nitrogen and oxygen atoms in total. The van der Waals surface area contributed by atoms with Crippen molar-refractivity contribution in [1.82, 2.24) is 0 Å². The summed E-state index contributed by atoms with van der Waals surface area (Å²) in [6.45, 7) is 4.58. The Labute approximate surface area is 70.7 Å². The lowest BCUT2D eigenvalue weighted by atomic mass is 10.2. The molecule has 0 bridgehead atoms. The van der Waals surface area contributed by atoms with Crippen molar-refractivity contribution in [2.45, 2.75) is 6.92 Å². The van der Waals surface area contributed by atoms with Crippen LogP contribution < -0.4 is 0 Å². The van der Waals surface area contributed by atoms with Crippen LogP contribution in [0.1, 0.15) is 6.92 Å². The van der Waals surface area contributed by atoms with Gasteiger partial charge < -0.3 is 5.11 Å². The van der Waals surface area contributed by atoms with Gasteiger partial charge in [0.05, 0.1) is 17.1 Å². The molecule has 0 aliphatic rings. The fraction of sp³-hybridized carbons (Fsp3) is 0.250. The molecule has 0 atom stereocenters. The summed E-state index contributed by atoms with van der Waals surface area (Å²) < 4.78 is 0. The van der Waals surface area contributed by atoms with Crippen LogP contribution in [0.3, 0.4) is 0 Å². The van der Waals surface area contributed by atoms with Gasteiger partial charge >= 0.3 is 0 Å². The third kappa shape index (κ3) is 2.67. The molecule has 0 spiro atoms. The third-order valence-corrected chi connectivity index (χ3v) is 1.29. The van der Waals surface area contributed by atoms with Crippen LogP contribution in [0.2, 0.25) is 0 Å². The highest BCUT2D eigenvalue weighted by Crippen LogP contribution is 2.09. The Hall–Kier alpha value is -1.42. The molecule has 0 saturated heterocycles. The minimum atomic E-state index is -0.536. The third-order valence-electron chi connectivity index (χ3n) is 1.29. The van der Waals surface area contributed by atoms with E-state index in [0.29, 0.717) is 0 Å². The van der Waals surface area contributed by atoms with Crippen molar-refractivity contribution in [1.29, 1.82) is 0 Å². The van der Waals surface area contributed by atoms with Gasteiger partial charge in [0, 0.05) is 0 Å². The number of nitrogens with zero attached hydrogens (tertiary/aromatic N) is 1. The Morgan fingerprint density at radius 3 is 2.58 bits per heavy atom. The first-order valence-electron chi connectivity index (χ1n) is 3.40. The average Bonchev–Trinajstić information content (AvgIpc) is 2.03. The van der Waals surface area contributed by atoms with Crippen LogP contribution in [0.25, 0.3) is 0 Å². The maximum absolute atomic E-state index is 10.4. The van der Waals surface area contributed by atoms with E-state index in [1.54, 1.807) is 6.92 Å². The summed E-state index contributed by atoms with van der Waals surface area (Å²) in [5, 5.41) is 19.1. The van der Waals surface area contributed by atoms with E-state index in [9.17, 15) is 10.1 Å². The second-order valence-corrected chi connectivity index (χ2v) is 2.02. The van der Waals surface area contributed by atoms with Crippen molar-refractivity contribution in [3.63, 3.8) is 0 Å². The number of rotatable bonds is 4. The predicted octanol–water partition coefficient (Wildman–Crippen LogP) is 1.27. The zero-order valence-corrected chi connectivity index (χ0v) is 6.86. The highest BCUT2D eigenvalue weighted by atomic mass is 16.6. The van der Waals surface area contributed by atoms with E-state index in [2.05, 4.69) is 6.58 Å². The molecular formula is C8H11NO3. The summed E-state index contributed by atoms with van der Waals surface area (Å²) in [4.78, 5) is 9.82. The molecule has 0 heterocycles. The minimum absolute atomic E-state index is 0.0857. The Morgan fingerprint density at radius 1 is 1.75 bits per heavy atom. The number of hydrogen-bond acceptors (Lipinski definition) is 3. The van der Waals surface area contributed by atoms with Crippen molar-refractivity contribution in [2.75, 3.05) is 6.61 Å². The van der Waals surface area contributed by atoms with Crippen LogP contribution in [-0.2, 0) is 0 Å². The average molecular weight is 169 g/mol. The second-order valence-electron chi connectivity index (χ2n) is 2.02. The van der Waals surface area contributed by atoms with Crippen LogP contribution in [0.15, 0.2) is 36.1 Å². The number of allylic oxidation sites excluding steroid dienone is 3. The lowest BCUT2D eigenvalue weighted by Gasteiger charge is -1.98. The Morgan fingerprint density at radius 2 is 2.33 bits per heavy atom. The predicted molar refractivity (Wildman–Crippen MR) is 46.1 cm³/mol. The van der Waals surface area contributed by atoms with E-state index in [0.717, 1.165) is 0 Å². The molecular weight excluding hydrogens is 158 g/mol. The van der Waals surface area contributed by atoms with Gasteiger partial charge in [0.2, 0.25) is 0 Å².